The third-order valence-corrected chi connectivity index (χ3v) is 4.95. The molecule has 3 rings (SSSR count). The second kappa shape index (κ2) is 8.16. The lowest BCUT2D eigenvalue weighted by atomic mass is 10.2. The Labute approximate surface area is 168 Å². The number of nitrogens with zero attached hydrogens (tertiary/aromatic N) is 3. The van der Waals surface area contributed by atoms with Crippen LogP contribution in [-0.4, -0.2) is 62.1 Å². The minimum absolute atomic E-state index is 0.0800. The Kier molecular flexibility index (Phi) is 6.11. The fourth-order valence-electron chi connectivity index (χ4n) is 3.15. The van der Waals surface area contributed by atoms with Gasteiger partial charge in [0.1, 0.15) is 17.2 Å². The number of carbonyl (C=O) groups is 1. The molecular formula is C18H27IN4O3. The van der Waals surface area contributed by atoms with E-state index >= 15 is 0 Å². The zero-order chi connectivity index (χ0) is 18.7. The van der Waals surface area contributed by atoms with E-state index in [1.165, 1.54) is 0 Å². The average molecular weight is 474 g/mol. The molecule has 0 bridgehead atoms. The maximum atomic E-state index is 12.0. The van der Waals surface area contributed by atoms with E-state index in [4.69, 9.17) is 14.5 Å². The van der Waals surface area contributed by atoms with Crippen LogP contribution in [0.15, 0.2) is 12.1 Å². The third kappa shape index (κ3) is 5.35. The number of anilines is 2. The highest BCUT2D eigenvalue weighted by Crippen LogP contribution is 2.25. The van der Waals surface area contributed by atoms with Gasteiger partial charge in [0.25, 0.3) is 0 Å². The van der Waals surface area contributed by atoms with E-state index in [-0.39, 0.29) is 12.1 Å². The molecule has 26 heavy (non-hydrogen) atoms. The lowest BCUT2D eigenvalue weighted by Crippen LogP contribution is -2.40. The fourth-order valence-corrected chi connectivity index (χ4v) is 3.70. The smallest absolute Gasteiger partial charge is 0.407 e. The summed E-state index contributed by atoms with van der Waals surface area (Å²) in [5.41, 5.74) is -0.480. The van der Waals surface area contributed by atoms with Crippen molar-refractivity contribution >= 4 is 40.3 Å². The van der Waals surface area contributed by atoms with Crippen molar-refractivity contribution in [2.75, 3.05) is 49.2 Å². The number of pyridine rings is 1. The van der Waals surface area contributed by atoms with Crippen molar-refractivity contribution < 1.29 is 14.3 Å². The van der Waals surface area contributed by atoms with Gasteiger partial charge in [0.2, 0.25) is 0 Å². The molecule has 1 aromatic heterocycles. The number of amides is 1. The van der Waals surface area contributed by atoms with Gasteiger partial charge in [-0.2, -0.15) is 0 Å². The number of nitrogens with one attached hydrogen (secondary N) is 1. The zero-order valence-electron chi connectivity index (χ0n) is 15.6. The van der Waals surface area contributed by atoms with Gasteiger partial charge >= 0.3 is 6.09 Å². The first-order valence-electron chi connectivity index (χ1n) is 9.05. The van der Waals surface area contributed by atoms with Gasteiger partial charge in [0, 0.05) is 29.7 Å². The third-order valence-electron chi connectivity index (χ3n) is 4.33. The summed E-state index contributed by atoms with van der Waals surface area (Å²) < 4.78 is 12.0. The highest BCUT2D eigenvalue weighted by molar-refractivity contribution is 14.1. The van der Waals surface area contributed by atoms with E-state index in [1.54, 1.807) is 0 Å². The van der Waals surface area contributed by atoms with E-state index in [1.807, 2.05) is 20.8 Å². The molecule has 2 fully saturated rings. The maximum Gasteiger partial charge on any atom is 0.407 e. The van der Waals surface area contributed by atoms with Crippen LogP contribution in [0, 0.1) is 3.57 Å². The van der Waals surface area contributed by atoms with Crippen molar-refractivity contribution in [3.8, 4) is 0 Å². The van der Waals surface area contributed by atoms with Crippen molar-refractivity contribution in [3.05, 3.63) is 15.7 Å². The van der Waals surface area contributed by atoms with Crippen LogP contribution in [0.25, 0.3) is 0 Å². The lowest BCUT2D eigenvalue weighted by Gasteiger charge is -2.29. The molecule has 2 saturated heterocycles. The number of aromatic nitrogens is 1. The summed E-state index contributed by atoms with van der Waals surface area (Å²) in [6.45, 7) is 10.5. The average Bonchev–Trinajstić information content (AvgIpc) is 3.01. The Morgan fingerprint density at radius 2 is 1.88 bits per heavy atom. The molecule has 3 heterocycles. The first-order valence-corrected chi connectivity index (χ1v) is 10.1. The monoisotopic (exact) mass is 474 g/mol. The molecule has 144 valence electrons. The van der Waals surface area contributed by atoms with Gasteiger partial charge in [0.05, 0.1) is 19.3 Å². The van der Waals surface area contributed by atoms with Gasteiger partial charge in [-0.25, -0.2) is 9.78 Å². The number of hydrogen-bond donors (Lipinski definition) is 1. The van der Waals surface area contributed by atoms with Gasteiger partial charge in [-0.1, -0.05) is 0 Å². The number of ether oxygens (including phenoxy) is 2. The Balaban J connectivity index is 1.63. The van der Waals surface area contributed by atoms with E-state index < -0.39 is 5.60 Å². The predicted octanol–water partition coefficient (Wildman–Crippen LogP) is 2.63. The second-order valence-electron chi connectivity index (χ2n) is 7.68. The van der Waals surface area contributed by atoms with Crippen LogP contribution in [0.5, 0.6) is 0 Å². The number of alkyl carbamates (subject to hydrolysis) is 1. The molecule has 1 amide bonds. The quantitative estimate of drug-likeness (QED) is 0.680. The van der Waals surface area contributed by atoms with Crippen LogP contribution < -0.4 is 15.1 Å². The molecule has 8 heteroatoms. The molecule has 0 aromatic carbocycles. The molecular weight excluding hydrogens is 447 g/mol. The van der Waals surface area contributed by atoms with Gasteiger partial charge in [-0.15, -0.1) is 0 Å². The van der Waals surface area contributed by atoms with Crippen LogP contribution in [0.2, 0.25) is 0 Å². The van der Waals surface area contributed by atoms with Crippen LogP contribution in [0.4, 0.5) is 16.4 Å². The topological polar surface area (TPSA) is 66.9 Å². The fraction of sp³-hybridized carbons (Fsp3) is 0.667. The summed E-state index contributed by atoms with van der Waals surface area (Å²) in [7, 11) is 0. The number of rotatable bonds is 3. The molecule has 1 aromatic rings. The minimum Gasteiger partial charge on any atom is -0.444 e. The van der Waals surface area contributed by atoms with Gasteiger partial charge < -0.3 is 24.6 Å². The summed E-state index contributed by atoms with van der Waals surface area (Å²) in [5, 5.41) is 2.97. The van der Waals surface area contributed by atoms with Gasteiger partial charge in [-0.3, -0.25) is 0 Å². The van der Waals surface area contributed by atoms with Crippen molar-refractivity contribution in [3.63, 3.8) is 0 Å². The Bertz CT molecular complexity index is 644. The van der Waals surface area contributed by atoms with E-state index in [2.05, 4.69) is 49.8 Å². The molecule has 2 aliphatic heterocycles. The molecule has 0 saturated carbocycles. The predicted molar refractivity (Wildman–Crippen MR) is 110 cm³/mol. The summed E-state index contributed by atoms with van der Waals surface area (Å²) in [5.74, 6) is 1.96. The van der Waals surface area contributed by atoms with Crippen molar-refractivity contribution in [1.82, 2.24) is 10.3 Å². The molecule has 0 spiro atoms. The lowest BCUT2D eigenvalue weighted by molar-refractivity contribution is 0.0509. The summed E-state index contributed by atoms with van der Waals surface area (Å²) in [6, 6.07) is 4.29. The van der Waals surface area contributed by atoms with Crippen molar-refractivity contribution in [1.29, 1.82) is 0 Å². The molecule has 7 nitrogen and oxygen atoms in total. The molecule has 0 radical (unpaired) electrons. The Morgan fingerprint density at radius 1 is 1.23 bits per heavy atom. The SMILES string of the molecule is CC(C)(C)OC(=O)N[C@@H]1CCN(c2cc(I)cc(N3CCOCC3)n2)C1. The minimum atomic E-state index is -0.480. The summed E-state index contributed by atoms with van der Waals surface area (Å²) >= 11 is 2.34. The second-order valence-corrected chi connectivity index (χ2v) is 8.92. The molecule has 0 unspecified atom stereocenters. The van der Waals surface area contributed by atoms with Crippen molar-refractivity contribution in [2.24, 2.45) is 0 Å². The Hall–Kier alpha value is -1.29. The summed E-state index contributed by atoms with van der Waals surface area (Å²) in [4.78, 5) is 21.3. The molecule has 0 aliphatic carbocycles. The van der Waals surface area contributed by atoms with Gasteiger partial charge in [0.15, 0.2) is 0 Å². The van der Waals surface area contributed by atoms with Crippen LogP contribution >= 0.6 is 22.6 Å². The van der Waals surface area contributed by atoms with E-state index in [0.29, 0.717) is 0 Å². The largest absolute Gasteiger partial charge is 0.444 e. The standard InChI is InChI=1S/C18H27IN4O3/c1-18(2,3)26-17(24)20-14-4-5-23(12-14)16-11-13(19)10-15(21-16)22-6-8-25-9-7-22/h10-11,14H,4-9,12H2,1-3H3,(H,20,24)/t14-/m1/s1. The number of morpholine rings is 1. The zero-order valence-corrected chi connectivity index (χ0v) is 17.8. The van der Waals surface area contributed by atoms with Crippen molar-refractivity contribution in [2.45, 2.75) is 38.8 Å². The number of hydrogen-bond acceptors (Lipinski definition) is 6. The van der Waals surface area contributed by atoms with Crippen LogP contribution in [0.3, 0.4) is 0 Å². The molecule has 1 atom stereocenters. The van der Waals surface area contributed by atoms with E-state index in [0.717, 1.165) is 61.0 Å². The molecule has 1 N–H and O–H groups in total. The molecule has 2 aliphatic rings. The number of carbonyl (C=O) groups excluding carboxylic acids is 1. The summed E-state index contributed by atoms with van der Waals surface area (Å²) in [6.07, 6.45) is 0.535. The van der Waals surface area contributed by atoms with Gasteiger partial charge in [-0.05, 0) is 61.9 Å². The maximum absolute atomic E-state index is 12.0. The van der Waals surface area contributed by atoms with Crippen LogP contribution in [-0.2, 0) is 9.47 Å². The Morgan fingerprint density at radius 3 is 2.54 bits per heavy atom. The first-order chi connectivity index (χ1) is 12.3. The highest BCUT2D eigenvalue weighted by atomic mass is 127. The van der Waals surface area contributed by atoms with E-state index in [9.17, 15) is 4.79 Å². The first kappa shape index (κ1) is 19.5. The highest BCUT2D eigenvalue weighted by Gasteiger charge is 2.27. The number of halogens is 1. The van der Waals surface area contributed by atoms with Crippen LogP contribution in [0.1, 0.15) is 27.2 Å². The normalized spacial score (nSPS) is 21.0.